The molecule has 162 valence electrons. The van der Waals surface area contributed by atoms with Gasteiger partial charge in [0.25, 0.3) is 0 Å². The average molecular weight is 464 g/mol. The van der Waals surface area contributed by atoms with Gasteiger partial charge in [0.1, 0.15) is 0 Å². The van der Waals surface area contributed by atoms with Crippen LogP contribution in [0.3, 0.4) is 0 Å². The van der Waals surface area contributed by atoms with Gasteiger partial charge in [0, 0.05) is 42.7 Å². The van der Waals surface area contributed by atoms with Crippen molar-refractivity contribution in [3.05, 3.63) is 109 Å². The van der Waals surface area contributed by atoms with E-state index in [1.54, 1.807) is 11.3 Å². The Morgan fingerprint density at radius 1 is 0.686 bits per heavy atom. The van der Waals surface area contributed by atoms with Gasteiger partial charge in [-0.15, -0.1) is 11.3 Å². The summed E-state index contributed by atoms with van der Waals surface area (Å²) in [5.74, 6) is 0. The van der Waals surface area contributed by atoms with Crippen LogP contribution >= 0.6 is 11.3 Å². The number of fused-ring (bicyclic) bond motifs is 6. The zero-order valence-electron chi connectivity index (χ0n) is 18.6. The van der Waals surface area contributed by atoms with Crippen molar-refractivity contribution in [1.82, 2.24) is 9.97 Å². The summed E-state index contributed by atoms with van der Waals surface area (Å²) in [6.45, 7) is 0. The summed E-state index contributed by atoms with van der Waals surface area (Å²) in [6, 6.07) is 35.5. The lowest BCUT2D eigenvalue weighted by Crippen LogP contribution is -1.88. The second-order valence-electron chi connectivity index (χ2n) is 8.59. The van der Waals surface area contributed by atoms with Crippen LogP contribution in [0.25, 0.3) is 64.4 Å². The number of thiophene rings is 1. The summed E-state index contributed by atoms with van der Waals surface area (Å²) >= 11 is 1.79. The Balaban J connectivity index is 1.46. The first-order valence-corrected chi connectivity index (χ1v) is 12.2. The monoisotopic (exact) mass is 463 g/mol. The van der Waals surface area contributed by atoms with Gasteiger partial charge in [0.2, 0.25) is 0 Å². The molecule has 0 amide bonds. The molecule has 0 N–H and O–H groups in total. The molecule has 0 aliphatic heterocycles. The van der Waals surface area contributed by atoms with Crippen molar-refractivity contribution in [3.63, 3.8) is 0 Å². The molecule has 0 radical (unpaired) electrons. The minimum absolute atomic E-state index is 0.668. The molecule has 7 aromatic rings. The maximum absolute atomic E-state index is 9.40. The number of aromatic nitrogens is 2. The van der Waals surface area contributed by atoms with Crippen LogP contribution in [0, 0.1) is 11.3 Å². The van der Waals surface area contributed by atoms with Crippen LogP contribution in [0.4, 0.5) is 0 Å². The van der Waals surface area contributed by atoms with Crippen LogP contribution in [-0.2, 0) is 0 Å². The van der Waals surface area contributed by atoms with Crippen LogP contribution in [0.2, 0.25) is 0 Å². The summed E-state index contributed by atoms with van der Waals surface area (Å²) < 4.78 is 2.47. The Morgan fingerprint density at radius 2 is 1.54 bits per heavy atom. The molecule has 3 aromatic heterocycles. The molecule has 0 bridgehead atoms. The highest BCUT2D eigenvalue weighted by atomic mass is 32.1. The van der Waals surface area contributed by atoms with Crippen LogP contribution in [0.5, 0.6) is 0 Å². The summed E-state index contributed by atoms with van der Waals surface area (Å²) in [5, 5.41) is 14.0. The van der Waals surface area contributed by atoms with Crippen molar-refractivity contribution in [2.24, 2.45) is 0 Å². The first-order valence-electron chi connectivity index (χ1n) is 11.4. The van der Waals surface area contributed by atoms with E-state index >= 15 is 0 Å². The van der Waals surface area contributed by atoms with Crippen molar-refractivity contribution in [2.75, 3.05) is 0 Å². The van der Waals surface area contributed by atoms with Gasteiger partial charge in [-0.05, 0) is 53.6 Å². The second-order valence-corrected chi connectivity index (χ2v) is 9.68. The molecule has 35 heavy (non-hydrogen) atoms. The minimum atomic E-state index is 0.668. The number of rotatable bonds is 2. The molecule has 0 saturated heterocycles. The fourth-order valence-electron chi connectivity index (χ4n) is 4.87. The van der Waals surface area contributed by atoms with E-state index in [1.807, 2.05) is 30.5 Å². The Bertz CT molecular complexity index is 1980. The third-order valence-electron chi connectivity index (χ3n) is 6.53. The molecule has 0 aliphatic carbocycles. The highest BCUT2D eigenvalue weighted by Gasteiger charge is 2.13. The lowest BCUT2D eigenvalue weighted by molar-refractivity contribution is 1.37. The Hall–Kier alpha value is -4.59. The lowest BCUT2D eigenvalue weighted by atomic mass is 9.97. The molecule has 4 heteroatoms. The van der Waals surface area contributed by atoms with Crippen molar-refractivity contribution >= 4 is 53.3 Å². The highest BCUT2D eigenvalue weighted by Crippen LogP contribution is 2.41. The molecule has 0 spiro atoms. The van der Waals surface area contributed by atoms with E-state index in [1.165, 1.54) is 20.2 Å². The standard InChI is InChI=1S/C31H17N3S/c32-18-19-4-1-5-22(16-19)24-7-2-8-28-29(24)25-17-23(12-14-27(25)35-28)26-13-11-21-10-9-20-6-3-15-33-30(20)31(21)34-26/h1-17H. The van der Waals surface area contributed by atoms with Gasteiger partial charge < -0.3 is 0 Å². The first kappa shape index (κ1) is 19.8. The fourth-order valence-corrected chi connectivity index (χ4v) is 5.98. The molecule has 0 atom stereocenters. The summed E-state index contributed by atoms with van der Waals surface area (Å²) in [7, 11) is 0. The summed E-state index contributed by atoms with van der Waals surface area (Å²) in [5.41, 5.74) is 6.72. The van der Waals surface area contributed by atoms with Crippen molar-refractivity contribution in [2.45, 2.75) is 0 Å². The van der Waals surface area contributed by atoms with E-state index in [4.69, 9.17) is 4.98 Å². The van der Waals surface area contributed by atoms with E-state index in [0.717, 1.165) is 44.2 Å². The number of hydrogen-bond donors (Lipinski definition) is 0. The smallest absolute Gasteiger partial charge is 0.0991 e. The van der Waals surface area contributed by atoms with Gasteiger partial charge in [-0.3, -0.25) is 4.98 Å². The number of hydrogen-bond acceptors (Lipinski definition) is 4. The molecule has 3 nitrogen and oxygen atoms in total. The molecular formula is C31H17N3S. The van der Waals surface area contributed by atoms with E-state index in [9.17, 15) is 5.26 Å². The Kier molecular flexibility index (Phi) is 4.38. The number of nitrogens with zero attached hydrogens (tertiary/aromatic N) is 3. The SMILES string of the molecule is N#Cc1cccc(-c2cccc3sc4ccc(-c5ccc6ccc7cccnc7c6n5)cc4c23)c1. The van der Waals surface area contributed by atoms with Crippen molar-refractivity contribution in [3.8, 4) is 28.5 Å². The van der Waals surface area contributed by atoms with Gasteiger partial charge >= 0.3 is 0 Å². The third-order valence-corrected chi connectivity index (χ3v) is 7.66. The fraction of sp³-hybridized carbons (Fsp3) is 0. The minimum Gasteiger partial charge on any atom is -0.254 e. The number of nitriles is 1. The maximum Gasteiger partial charge on any atom is 0.0991 e. The topological polar surface area (TPSA) is 49.6 Å². The molecule has 0 aliphatic rings. The van der Waals surface area contributed by atoms with E-state index in [-0.39, 0.29) is 0 Å². The molecule has 0 fully saturated rings. The van der Waals surface area contributed by atoms with E-state index in [2.05, 4.69) is 83.8 Å². The van der Waals surface area contributed by atoms with Crippen LogP contribution in [-0.4, -0.2) is 9.97 Å². The lowest BCUT2D eigenvalue weighted by Gasteiger charge is -2.08. The maximum atomic E-state index is 9.40. The average Bonchev–Trinajstić information content (AvgIpc) is 3.31. The molecule has 4 aromatic carbocycles. The molecule has 0 unspecified atom stereocenters. The number of pyridine rings is 2. The summed E-state index contributed by atoms with van der Waals surface area (Å²) in [4.78, 5) is 9.66. The quantitative estimate of drug-likeness (QED) is 0.242. The van der Waals surface area contributed by atoms with Crippen molar-refractivity contribution < 1.29 is 0 Å². The van der Waals surface area contributed by atoms with Gasteiger partial charge in [-0.25, -0.2) is 4.98 Å². The normalized spacial score (nSPS) is 11.4. The van der Waals surface area contributed by atoms with Crippen LogP contribution in [0.1, 0.15) is 5.56 Å². The first-order chi connectivity index (χ1) is 17.3. The Morgan fingerprint density at radius 3 is 2.46 bits per heavy atom. The number of benzene rings is 4. The van der Waals surface area contributed by atoms with E-state index in [0.29, 0.717) is 5.56 Å². The van der Waals surface area contributed by atoms with Crippen molar-refractivity contribution in [1.29, 1.82) is 5.26 Å². The predicted octanol–water partition coefficient (Wildman–Crippen LogP) is 8.36. The molecular weight excluding hydrogens is 446 g/mol. The molecule has 3 heterocycles. The Labute approximate surface area is 205 Å². The van der Waals surface area contributed by atoms with Gasteiger partial charge in [0.05, 0.1) is 28.4 Å². The predicted molar refractivity (Wildman–Crippen MR) is 146 cm³/mol. The molecule has 7 rings (SSSR count). The highest BCUT2D eigenvalue weighted by molar-refractivity contribution is 7.26. The summed E-state index contributed by atoms with van der Waals surface area (Å²) in [6.07, 6.45) is 1.82. The third kappa shape index (κ3) is 3.18. The van der Waals surface area contributed by atoms with Crippen LogP contribution < -0.4 is 0 Å². The largest absolute Gasteiger partial charge is 0.254 e. The molecule has 0 saturated carbocycles. The van der Waals surface area contributed by atoms with Crippen LogP contribution in [0.15, 0.2) is 103 Å². The van der Waals surface area contributed by atoms with Gasteiger partial charge in [-0.2, -0.15) is 5.26 Å². The zero-order valence-corrected chi connectivity index (χ0v) is 19.4. The van der Waals surface area contributed by atoms with Gasteiger partial charge in [0.15, 0.2) is 0 Å². The second kappa shape index (κ2) is 7.73. The zero-order chi connectivity index (χ0) is 23.4. The van der Waals surface area contributed by atoms with Gasteiger partial charge in [-0.1, -0.05) is 54.6 Å². The van der Waals surface area contributed by atoms with E-state index < -0.39 is 0 Å².